The lowest BCUT2D eigenvalue weighted by atomic mass is 10.1. The van der Waals surface area contributed by atoms with E-state index in [1.165, 1.54) is 0 Å². The lowest BCUT2D eigenvalue weighted by Gasteiger charge is -2.20. The fourth-order valence-electron chi connectivity index (χ4n) is 2.46. The van der Waals surface area contributed by atoms with E-state index in [1.54, 1.807) is 57.5 Å². The third-order valence-corrected chi connectivity index (χ3v) is 4.10. The number of ether oxygens (including phenoxy) is 4. The molecular weight excluding hydrogens is 334 g/mol. The third kappa shape index (κ3) is 4.81. The summed E-state index contributed by atoms with van der Waals surface area (Å²) in [6, 6.07) is 10.9. The summed E-state index contributed by atoms with van der Waals surface area (Å²) in [6.07, 6.45) is 0. The van der Waals surface area contributed by atoms with Crippen LogP contribution >= 0.6 is 0 Å². The molecule has 140 valence electrons. The lowest BCUT2D eigenvalue weighted by molar-refractivity contribution is -0.132. The second kappa shape index (κ2) is 8.99. The number of carbonyl (C=O) groups is 1. The van der Waals surface area contributed by atoms with Crippen molar-refractivity contribution in [2.24, 2.45) is 0 Å². The summed E-state index contributed by atoms with van der Waals surface area (Å²) in [5.41, 5.74) is 2.02. The van der Waals surface area contributed by atoms with Gasteiger partial charge < -0.3 is 23.8 Å². The first-order chi connectivity index (χ1) is 12.5. The topological polar surface area (TPSA) is 57.2 Å². The average molecular weight is 359 g/mol. The Morgan fingerprint density at radius 3 is 2.08 bits per heavy atom. The minimum Gasteiger partial charge on any atom is -0.497 e. The Bertz CT molecular complexity index is 743. The summed E-state index contributed by atoms with van der Waals surface area (Å²) in [5, 5.41) is 0. The van der Waals surface area contributed by atoms with Crippen molar-refractivity contribution < 1.29 is 23.7 Å². The van der Waals surface area contributed by atoms with E-state index in [9.17, 15) is 4.79 Å². The number of carbonyl (C=O) groups excluding carboxylic acids is 1. The molecule has 0 radical (unpaired) electrons. The number of amides is 1. The monoisotopic (exact) mass is 359 g/mol. The Labute approximate surface area is 154 Å². The number of hydrogen-bond acceptors (Lipinski definition) is 5. The summed E-state index contributed by atoms with van der Waals surface area (Å²) in [5.74, 6) is 2.56. The first-order valence-electron chi connectivity index (χ1n) is 8.20. The summed E-state index contributed by atoms with van der Waals surface area (Å²) in [7, 11) is 6.54. The fraction of sp³-hybridized carbons (Fsp3) is 0.350. The van der Waals surface area contributed by atoms with Crippen LogP contribution in [0.5, 0.6) is 23.0 Å². The fourth-order valence-corrected chi connectivity index (χ4v) is 2.46. The molecule has 1 amide bonds. The van der Waals surface area contributed by atoms with Crippen LogP contribution in [0.25, 0.3) is 0 Å². The zero-order valence-corrected chi connectivity index (χ0v) is 15.9. The van der Waals surface area contributed by atoms with Crippen LogP contribution < -0.4 is 18.9 Å². The summed E-state index contributed by atoms with van der Waals surface area (Å²) < 4.78 is 21.3. The summed E-state index contributed by atoms with van der Waals surface area (Å²) >= 11 is 0. The van der Waals surface area contributed by atoms with E-state index >= 15 is 0 Å². The molecule has 2 aromatic carbocycles. The molecule has 0 aliphatic rings. The smallest absolute Gasteiger partial charge is 0.260 e. The van der Waals surface area contributed by atoms with Gasteiger partial charge in [-0.05, 0) is 54.4 Å². The standard InChI is InChI=1S/C20H25NO5/c1-14-10-18(24-4)19(25-5)11-15(14)12-21(2)20(22)13-26-17-8-6-16(23-3)7-9-17/h6-11H,12-13H2,1-5H3. The van der Waals surface area contributed by atoms with Crippen molar-refractivity contribution in [3.8, 4) is 23.0 Å². The number of likely N-dealkylation sites (N-methyl/N-ethyl adjacent to an activating group) is 1. The van der Waals surface area contributed by atoms with E-state index < -0.39 is 0 Å². The maximum absolute atomic E-state index is 12.4. The van der Waals surface area contributed by atoms with Crippen LogP contribution in [0.2, 0.25) is 0 Å². The lowest BCUT2D eigenvalue weighted by Crippen LogP contribution is -2.31. The van der Waals surface area contributed by atoms with Gasteiger partial charge in [-0.3, -0.25) is 4.79 Å². The van der Waals surface area contributed by atoms with Crippen molar-refractivity contribution in [1.29, 1.82) is 0 Å². The average Bonchev–Trinajstić information content (AvgIpc) is 2.67. The van der Waals surface area contributed by atoms with Crippen LogP contribution in [0.15, 0.2) is 36.4 Å². The maximum atomic E-state index is 12.4. The SMILES string of the molecule is COc1ccc(OCC(=O)N(C)Cc2cc(OC)c(OC)cc2C)cc1. The van der Waals surface area contributed by atoms with E-state index in [4.69, 9.17) is 18.9 Å². The van der Waals surface area contributed by atoms with Crippen LogP contribution in [0, 0.1) is 6.92 Å². The molecule has 26 heavy (non-hydrogen) atoms. The van der Waals surface area contributed by atoms with Crippen LogP contribution in [-0.4, -0.2) is 45.8 Å². The van der Waals surface area contributed by atoms with E-state index in [-0.39, 0.29) is 12.5 Å². The Hall–Kier alpha value is -2.89. The van der Waals surface area contributed by atoms with Crippen molar-refractivity contribution in [3.05, 3.63) is 47.5 Å². The Balaban J connectivity index is 1.97. The number of rotatable bonds is 8. The van der Waals surface area contributed by atoms with Crippen LogP contribution in [0.3, 0.4) is 0 Å². The molecule has 0 N–H and O–H groups in total. The second-order valence-electron chi connectivity index (χ2n) is 5.85. The predicted octanol–water partition coefficient (Wildman–Crippen LogP) is 3.06. The molecule has 0 unspecified atom stereocenters. The summed E-state index contributed by atoms with van der Waals surface area (Å²) in [6.45, 7) is 2.40. The molecule has 6 nitrogen and oxygen atoms in total. The molecule has 2 aromatic rings. The van der Waals surface area contributed by atoms with E-state index in [2.05, 4.69) is 0 Å². The maximum Gasteiger partial charge on any atom is 0.260 e. The molecule has 0 saturated carbocycles. The molecule has 0 aromatic heterocycles. The highest BCUT2D eigenvalue weighted by Gasteiger charge is 2.14. The first kappa shape index (κ1) is 19.4. The van der Waals surface area contributed by atoms with Gasteiger partial charge in [0.2, 0.25) is 0 Å². The molecule has 0 fully saturated rings. The highest BCUT2D eigenvalue weighted by molar-refractivity contribution is 5.77. The van der Waals surface area contributed by atoms with Gasteiger partial charge in [0.1, 0.15) is 11.5 Å². The molecule has 2 rings (SSSR count). The van der Waals surface area contributed by atoms with Gasteiger partial charge in [-0.25, -0.2) is 0 Å². The third-order valence-electron chi connectivity index (χ3n) is 4.10. The molecule has 0 bridgehead atoms. The molecule has 0 aliphatic carbocycles. The number of aryl methyl sites for hydroxylation is 1. The van der Waals surface area contributed by atoms with E-state index in [0.717, 1.165) is 16.9 Å². The van der Waals surface area contributed by atoms with Gasteiger partial charge in [-0.15, -0.1) is 0 Å². The van der Waals surface area contributed by atoms with Gasteiger partial charge >= 0.3 is 0 Å². The summed E-state index contributed by atoms with van der Waals surface area (Å²) in [4.78, 5) is 14.0. The number of hydrogen-bond donors (Lipinski definition) is 0. The second-order valence-corrected chi connectivity index (χ2v) is 5.85. The number of nitrogens with zero attached hydrogens (tertiary/aromatic N) is 1. The Morgan fingerprint density at radius 1 is 0.923 bits per heavy atom. The molecule has 0 aliphatic heterocycles. The number of methoxy groups -OCH3 is 3. The van der Waals surface area contributed by atoms with Crippen molar-refractivity contribution in [1.82, 2.24) is 4.90 Å². The molecule has 0 atom stereocenters. The molecule has 0 saturated heterocycles. The van der Waals surface area contributed by atoms with Gasteiger partial charge in [0.15, 0.2) is 18.1 Å². The van der Waals surface area contributed by atoms with Crippen LogP contribution in [-0.2, 0) is 11.3 Å². The van der Waals surface area contributed by atoms with Crippen LogP contribution in [0.1, 0.15) is 11.1 Å². The normalized spacial score (nSPS) is 10.2. The number of benzene rings is 2. The largest absolute Gasteiger partial charge is 0.497 e. The van der Waals surface area contributed by atoms with E-state index in [1.807, 2.05) is 19.1 Å². The van der Waals surface area contributed by atoms with Crippen LogP contribution in [0.4, 0.5) is 0 Å². The zero-order valence-electron chi connectivity index (χ0n) is 15.9. The minimum atomic E-state index is -0.116. The van der Waals surface area contributed by atoms with Crippen molar-refractivity contribution in [2.45, 2.75) is 13.5 Å². The molecular formula is C20H25NO5. The van der Waals surface area contributed by atoms with Gasteiger partial charge in [-0.2, -0.15) is 0 Å². The van der Waals surface area contributed by atoms with Crippen molar-refractivity contribution in [3.63, 3.8) is 0 Å². The Kier molecular flexibility index (Phi) is 6.72. The zero-order chi connectivity index (χ0) is 19.1. The highest BCUT2D eigenvalue weighted by Crippen LogP contribution is 2.30. The van der Waals surface area contributed by atoms with Gasteiger partial charge in [-0.1, -0.05) is 0 Å². The van der Waals surface area contributed by atoms with Gasteiger partial charge in [0.05, 0.1) is 21.3 Å². The predicted molar refractivity (Wildman–Crippen MR) is 99.2 cm³/mol. The molecule has 0 spiro atoms. The minimum absolute atomic E-state index is 0.0326. The van der Waals surface area contributed by atoms with Crippen molar-refractivity contribution >= 4 is 5.91 Å². The highest BCUT2D eigenvalue weighted by atomic mass is 16.5. The molecule has 6 heteroatoms. The van der Waals surface area contributed by atoms with Gasteiger partial charge in [0.25, 0.3) is 5.91 Å². The molecule has 0 heterocycles. The van der Waals surface area contributed by atoms with Crippen molar-refractivity contribution in [2.75, 3.05) is 35.0 Å². The first-order valence-corrected chi connectivity index (χ1v) is 8.20. The Morgan fingerprint density at radius 2 is 1.50 bits per heavy atom. The van der Waals surface area contributed by atoms with E-state index in [0.29, 0.717) is 23.8 Å². The quantitative estimate of drug-likeness (QED) is 0.725. The van der Waals surface area contributed by atoms with Gasteiger partial charge in [0, 0.05) is 13.6 Å².